The minimum Gasteiger partial charge on any atom is -0.478 e. The number of ether oxygens (including phenoxy) is 1. The zero-order valence-corrected chi connectivity index (χ0v) is 18.0. The molecule has 2 N–H and O–H groups in total. The van der Waals surface area contributed by atoms with Gasteiger partial charge in [-0.05, 0) is 37.1 Å². The Labute approximate surface area is 175 Å². The number of hydrogen-bond acceptors (Lipinski definition) is 4. The van der Waals surface area contributed by atoms with Crippen LogP contribution in [0, 0.1) is 0 Å². The summed E-state index contributed by atoms with van der Waals surface area (Å²) in [6.45, 7) is 6.05. The van der Waals surface area contributed by atoms with Crippen LogP contribution in [0.5, 0.6) is 11.5 Å². The van der Waals surface area contributed by atoms with Crippen LogP contribution < -0.4 is 13.2 Å². The topological polar surface area (TPSA) is 61.8 Å². The monoisotopic (exact) mass is 482 g/mol. The molecule has 2 aromatic rings. The molecule has 0 atom stereocenters. The van der Waals surface area contributed by atoms with Crippen LogP contribution >= 0.6 is 22.9 Å². The normalized spacial score (nSPS) is 10.5. The maximum atomic E-state index is 11.7. The van der Waals surface area contributed by atoms with E-state index in [1.165, 1.54) is 0 Å². The van der Waals surface area contributed by atoms with Gasteiger partial charge in [-0.2, -0.15) is 0 Å². The lowest BCUT2D eigenvalue weighted by atomic mass is 10.1. The fourth-order valence-electron chi connectivity index (χ4n) is 2.81. The number of para-hydroxylation sites is 1. The number of halogens is 1. The van der Waals surface area contributed by atoms with Crippen LogP contribution in [-0.2, 0) is 0 Å². The molecule has 0 bridgehead atoms. The number of aromatic carboxylic acids is 1. The van der Waals surface area contributed by atoms with Gasteiger partial charge in [-0.3, -0.25) is 0 Å². The molecular formula is C21H27IN2O3. The largest absolute Gasteiger partial charge is 0.478 e. The molecular weight excluding hydrogens is 455 g/mol. The highest BCUT2D eigenvalue weighted by Gasteiger charge is 2.20. The van der Waals surface area contributed by atoms with E-state index >= 15 is 0 Å². The number of hydrogen-bond donors (Lipinski definition) is 2. The van der Waals surface area contributed by atoms with Crippen LogP contribution in [0.25, 0.3) is 0 Å². The molecule has 27 heavy (non-hydrogen) atoms. The number of benzene rings is 2. The lowest BCUT2D eigenvalue weighted by molar-refractivity contribution is 0.0697. The van der Waals surface area contributed by atoms with E-state index in [9.17, 15) is 9.90 Å². The van der Waals surface area contributed by atoms with Gasteiger partial charge in [0.25, 0.3) is 0 Å². The third-order valence-corrected chi connectivity index (χ3v) is 4.87. The van der Waals surface area contributed by atoms with Crippen LogP contribution in [0.2, 0.25) is 0 Å². The molecule has 0 spiro atoms. The fraction of sp³-hybridized carbons (Fsp3) is 0.381. The third kappa shape index (κ3) is 6.02. The fourth-order valence-corrected chi connectivity index (χ4v) is 3.21. The van der Waals surface area contributed by atoms with Crippen molar-refractivity contribution >= 4 is 40.2 Å². The molecule has 0 aliphatic heterocycles. The van der Waals surface area contributed by atoms with Crippen molar-refractivity contribution in [3.8, 4) is 11.5 Å². The van der Waals surface area contributed by atoms with Gasteiger partial charge < -0.3 is 18.3 Å². The average Bonchev–Trinajstić information content (AvgIpc) is 2.69. The third-order valence-electron chi connectivity index (χ3n) is 4.29. The summed E-state index contributed by atoms with van der Waals surface area (Å²) in [6, 6.07) is 12.9. The first-order valence-electron chi connectivity index (χ1n) is 9.36. The number of anilines is 2. The molecule has 0 saturated carbocycles. The van der Waals surface area contributed by atoms with Gasteiger partial charge in [0.2, 0.25) is 0 Å². The Kier molecular flexibility index (Phi) is 8.71. The molecule has 146 valence electrons. The van der Waals surface area contributed by atoms with Crippen molar-refractivity contribution in [2.24, 2.45) is 0 Å². The van der Waals surface area contributed by atoms with Crippen LogP contribution in [-0.4, -0.2) is 24.2 Å². The van der Waals surface area contributed by atoms with Crippen LogP contribution in [0.1, 0.15) is 49.9 Å². The summed E-state index contributed by atoms with van der Waals surface area (Å²) in [5.41, 5.74) is 1.73. The Hall–Kier alpha value is -1.96. The number of nitrogens with one attached hydrogen (secondary N) is 1. The number of carboxylic acids is 1. The van der Waals surface area contributed by atoms with Gasteiger partial charge in [-0.25, -0.2) is 4.79 Å². The Morgan fingerprint density at radius 2 is 1.74 bits per heavy atom. The molecule has 0 radical (unpaired) electrons. The van der Waals surface area contributed by atoms with E-state index in [0.717, 1.165) is 50.2 Å². The van der Waals surface area contributed by atoms with E-state index in [0.29, 0.717) is 11.4 Å². The van der Waals surface area contributed by atoms with Crippen molar-refractivity contribution in [2.75, 3.05) is 21.5 Å². The van der Waals surface area contributed by atoms with Crippen molar-refractivity contribution in [3.05, 3.63) is 48.0 Å². The second-order valence-electron chi connectivity index (χ2n) is 6.38. The maximum Gasteiger partial charge on any atom is 0.335 e. The van der Waals surface area contributed by atoms with E-state index in [2.05, 4.69) is 22.3 Å². The van der Waals surface area contributed by atoms with E-state index in [-0.39, 0.29) is 5.56 Å². The molecule has 0 aliphatic rings. The Morgan fingerprint density at radius 1 is 1.11 bits per heavy atom. The molecule has 2 rings (SSSR count). The smallest absolute Gasteiger partial charge is 0.335 e. The van der Waals surface area contributed by atoms with Gasteiger partial charge in [0.05, 0.1) is 39.8 Å². The zero-order chi connectivity index (χ0) is 19.6. The van der Waals surface area contributed by atoms with Crippen LogP contribution in [0.3, 0.4) is 0 Å². The molecule has 5 nitrogen and oxygen atoms in total. The molecule has 0 amide bonds. The minimum atomic E-state index is -0.943. The molecule has 0 fully saturated rings. The standard InChI is InChI=1S/C21H27IN2O3/c1-3-5-12-24(13-6-4-2)19-15-16(21(25)26)14-18(23-22)20(19)27-17-10-8-7-9-11-17/h7-11,14-15,23H,3-6,12-13H2,1-2H3,(H,25,26). The van der Waals surface area contributed by atoms with Gasteiger partial charge in [0, 0.05) is 13.1 Å². The second kappa shape index (κ2) is 11.0. The Balaban J connectivity index is 2.54. The Morgan fingerprint density at radius 3 is 2.26 bits per heavy atom. The first-order valence-corrected chi connectivity index (χ1v) is 10.4. The number of unbranched alkanes of at least 4 members (excludes halogenated alkanes) is 2. The summed E-state index contributed by atoms with van der Waals surface area (Å²) in [5, 5.41) is 9.55. The van der Waals surface area contributed by atoms with Crippen molar-refractivity contribution in [2.45, 2.75) is 39.5 Å². The van der Waals surface area contributed by atoms with Gasteiger partial charge in [0.1, 0.15) is 5.75 Å². The molecule has 0 aromatic heterocycles. The molecule has 0 saturated heterocycles. The van der Waals surface area contributed by atoms with Crippen molar-refractivity contribution < 1.29 is 14.6 Å². The molecule has 2 aromatic carbocycles. The number of carbonyl (C=O) groups is 1. The predicted octanol–water partition coefficient (Wildman–Crippen LogP) is 6.35. The van der Waals surface area contributed by atoms with Crippen LogP contribution in [0.15, 0.2) is 42.5 Å². The van der Waals surface area contributed by atoms with E-state index in [1.54, 1.807) is 12.1 Å². The minimum absolute atomic E-state index is 0.252. The number of nitrogens with zero attached hydrogens (tertiary/aromatic N) is 1. The predicted molar refractivity (Wildman–Crippen MR) is 120 cm³/mol. The lowest BCUT2D eigenvalue weighted by Gasteiger charge is -2.28. The van der Waals surface area contributed by atoms with Gasteiger partial charge in [-0.15, -0.1) is 0 Å². The highest BCUT2D eigenvalue weighted by Crippen LogP contribution is 2.41. The molecule has 0 aliphatic carbocycles. The zero-order valence-electron chi connectivity index (χ0n) is 15.9. The van der Waals surface area contributed by atoms with Gasteiger partial charge in [-0.1, -0.05) is 44.9 Å². The highest BCUT2D eigenvalue weighted by molar-refractivity contribution is 14.1. The highest BCUT2D eigenvalue weighted by atomic mass is 127. The summed E-state index contributed by atoms with van der Waals surface area (Å²) in [6.07, 6.45) is 4.23. The van der Waals surface area contributed by atoms with Gasteiger partial charge in [0.15, 0.2) is 5.75 Å². The Bertz CT molecular complexity index is 730. The number of rotatable bonds is 11. The summed E-state index contributed by atoms with van der Waals surface area (Å²) in [5.74, 6) is 0.440. The van der Waals surface area contributed by atoms with E-state index in [4.69, 9.17) is 4.74 Å². The number of carboxylic acid groups (broad SMARTS) is 1. The summed E-state index contributed by atoms with van der Waals surface area (Å²) >= 11 is 2.02. The van der Waals surface area contributed by atoms with Gasteiger partial charge >= 0.3 is 5.97 Å². The lowest BCUT2D eigenvalue weighted by Crippen LogP contribution is -2.26. The van der Waals surface area contributed by atoms with E-state index in [1.807, 2.05) is 53.2 Å². The quantitative estimate of drug-likeness (QED) is 0.289. The van der Waals surface area contributed by atoms with Crippen molar-refractivity contribution in [1.82, 2.24) is 0 Å². The summed E-state index contributed by atoms with van der Waals surface area (Å²) in [4.78, 5) is 13.9. The SMILES string of the molecule is CCCCN(CCCC)c1cc(C(=O)O)cc(NI)c1Oc1ccccc1. The van der Waals surface area contributed by atoms with E-state index < -0.39 is 5.97 Å². The average molecular weight is 482 g/mol. The van der Waals surface area contributed by atoms with Crippen LogP contribution in [0.4, 0.5) is 11.4 Å². The second-order valence-corrected chi connectivity index (χ2v) is 6.92. The first-order chi connectivity index (χ1) is 13.1. The molecule has 6 heteroatoms. The van der Waals surface area contributed by atoms with Crippen molar-refractivity contribution in [1.29, 1.82) is 0 Å². The summed E-state index contributed by atoms with van der Waals surface area (Å²) in [7, 11) is 0. The maximum absolute atomic E-state index is 11.7. The molecule has 0 unspecified atom stereocenters. The molecule has 0 heterocycles. The van der Waals surface area contributed by atoms with Crippen molar-refractivity contribution in [3.63, 3.8) is 0 Å². The first kappa shape index (κ1) is 21.3. The summed E-state index contributed by atoms with van der Waals surface area (Å²) < 4.78 is 9.28.